The van der Waals surface area contributed by atoms with E-state index in [4.69, 9.17) is 0 Å². The third-order valence-electron chi connectivity index (χ3n) is 4.90. The van der Waals surface area contributed by atoms with Gasteiger partial charge in [-0.2, -0.15) is 0 Å². The minimum absolute atomic E-state index is 0.975. The number of hydrogen-bond donors (Lipinski definition) is 0. The molecule has 30 heavy (non-hydrogen) atoms. The van der Waals surface area contributed by atoms with Gasteiger partial charge < -0.3 is 0 Å². The molecule has 0 atom stereocenters. The van der Waals surface area contributed by atoms with E-state index in [0.29, 0.717) is 0 Å². The van der Waals surface area contributed by atoms with Gasteiger partial charge in [-0.25, -0.2) is 0 Å². The summed E-state index contributed by atoms with van der Waals surface area (Å²) in [7, 11) is 0. The second-order valence-electron chi connectivity index (χ2n) is 7.17. The summed E-state index contributed by atoms with van der Waals surface area (Å²) in [5.41, 5.74) is 6.81. The Morgan fingerprint density at radius 3 is 1.17 bits per heavy atom. The number of rotatable bonds is 7. The maximum atomic E-state index is 4.55. The highest BCUT2D eigenvalue weighted by molar-refractivity contribution is 5.82. The first kappa shape index (κ1) is 19.5. The third kappa shape index (κ3) is 5.86. The monoisotopic (exact) mass is 388 g/mol. The van der Waals surface area contributed by atoms with Crippen molar-refractivity contribution in [1.82, 2.24) is 0 Å². The molecule has 0 aliphatic heterocycles. The van der Waals surface area contributed by atoms with Crippen LogP contribution in [0.15, 0.2) is 119 Å². The van der Waals surface area contributed by atoms with E-state index in [2.05, 4.69) is 82.8 Å². The van der Waals surface area contributed by atoms with Gasteiger partial charge in [-0.3, -0.25) is 9.98 Å². The molecule has 4 rings (SSSR count). The van der Waals surface area contributed by atoms with Crippen LogP contribution >= 0.6 is 0 Å². The molecule has 2 nitrogen and oxygen atoms in total. The Morgan fingerprint density at radius 2 is 0.800 bits per heavy atom. The summed E-state index contributed by atoms with van der Waals surface area (Å²) in [6.07, 6.45) is 5.82. The predicted molar refractivity (Wildman–Crippen MR) is 128 cm³/mol. The molecule has 0 aromatic heterocycles. The first-order valence-electron chi connectivity index (χ1n) is 10.2. The molecule has 0 radical (unpaired) electrons. The lowest BCUT2D eigenvalue weighted by Crippen LogP contribution is -1.90. The van der Waals surface area contributed by atoms with Gasteiger partial charge in [0.05, 0.1) is 11.4 Å². The fourth-order valence-corrected chi connectivity index (χ4v) is 3.16. The zero-order chi connectivity index (χ0) is 20.4. The lowest BCUT2D eigenvalue weighted by atomic mass is 10.0. The maximum Gasteiger partial charge on any atom is 0.0630 e. The van der Waals surface area contributed by atoms with Crippen LogP contribution in [0.2, 0.25) is 0 Å². The molecule has 0 spiro atoms. The van der Waals surface area contributed by atoms with Gasteiger partial charge in [-0.15, -0.1) is 0 Å². The van der Waals surface area contributed by atoms with E-state index < -0.39 is 0 Å². The number of nitrogens with zero attached hydrogens (tertiary/aromatic N) is 2. The summed E-state index contributed by atoms with van der Waals surface area (Å²) in [5.74, 6) is 0. The van der Waals surface area contributed by atoms with Gasteiger partial charge >= 0.3 is 0 Å². The van der Waals surface area contributed by atoms with E-state index in [1.165, 1.54) is 11.1 Å². The Morgan fingerprint density at radius 1 is 0.433 bits per heavy atom. The fourth-order valence-electron chi connectivity index (χ4n) is 3.16. The van der Waals surface area contributed by atoms with E-state index in [1.54, 1.807) is 0 Å². The van der Waals surface area contributed by atoms with Crippen LogP contribution in [0.1, 0.15) is 22.3 Å². The Labute approximate surface area is 178 Å². The maximum absolute atomic E-state index is 4.55. The SMILES string of the molecule is C(=N\c1ccc(CCc2ccc(/N=C/c3ccccc3)cc2)cc1)/c1ccccc1. The van der Waals surface area contributed by atoms with Crippen molar-refractivity contribution in [2.24, 2.45) is 9.98 Å². The molecule has 2 heteroatoms. The van der Waals surface area contributed by atoms with Gasteiger partial charge in [-0.05, 0) is 59.4 Å². The molecular weight excluding hydrogens is 364 g/mol. The summed E-state index contributed by atoms with van der Waals surface area (Å²) in [4.78, 5) is 9.09. The summed E-state index contributed by atoms with van der Waals surface area (Å²) < 4.78 is 0. The number of aliphatic imine (C=N–C) groups is 2. The topological polar surface area (TPSA) is 24.7 Å². The number of hydrogen-bond acceptors (Lipinski definition) is 2. The standard InChI is InChI=1S/C28H24N2/c1-3-7-25(8-4-1)21-29-27-17-13-23(14-18-27)11-12-24-15-19-28(20-16-24)30-22-26-9-5-2-6-10-26/h1-10,13-22H,11-12H2/b29-21+,30-22+. The van der Waals surface area contributed by atoms with Crippen molar-refractivity contribution in [2.45, 2.75) is 12.8 Å². The van der Waals surface area contributed by atoms with E-state index >= 15 is 0 Å². The van der Waals surface area contributed by atoms with Gasteiger partial charge in [0.25, 0.3) is 0 Å². The van der Waals surface area contributed by atoms with Gasteiger partial charge in [0.2, 0.25) is 0 Å². The molecule has 0 saturated carbocycles. The first-order valence-corrected chi connectivity index (χ1v) is 10.2. The smallest absolute Gasteiger partial charge is 0.0630 e. The van der Waals surface area contributed by atoms with E-state index in [9.17, 15) is 0 Å². The van der Waals surface area contributed by atoms with Crippen molar-refractivity contribution in [1.29, 1.82) is 0 Å². The second kappa shape index (κ2) is 10.1. The molecule has 4 aromatic carbocycles. The normalized spacial score (nSPS) is 11.3. The van der Waals surface area contributed by atoms with Gasteiger partial charge in [0.1, 0.15) is 0 Å². The molecule has 4 aromatic rings. The lowest BCUT2D eigenvalue weighted by molar-refractivity contribution is 0.960. The van der Waals surface area contributed by atoms with Crippen molar-refractivity contribution < 1.29 is 0 Å². The van der Waals surface area contributed by atoms with E-state index in [-0.39, 0.29) is 0 Å². The minimum Gasteiger partial charge on any atom is -0.256 e. The average molecular weight is 389 g/mol. The van der Waals surface area contributed by atoms with Gasteiger partial charge in [-0.1, -0.05) is 84.9 Å². The molecule has 0 bridgehead atoms. The van der Waals surface area contributed by atoms with E-state index in [0.717, 1.165) is 35.3 Å². The minimum atomic E-state index is 0.975. The van der Waals surface area contributed by atoms with Gasteiger partial charge in [0, 0.05) is 12.4 Å². The fraction of sp³-hybridized carbons (Fsp3) is 0.0714. The molecule has 0 heterocycles. The Bertz CT molecular complexity index is 1000. The van der Waals surface area contributed by atoms with Crippen molar-refractivity contribution in [2.75, 3.05) is 0 Å². The highest BCUT2D eigenvalue weighted by atomic mass is 14.7. The van der Waals surface area contributed by atoms with Crippen LogP contribution in [0, 0.1) is 0 Å². The summed E-state index contributed by atoms with van der Waals surface area (Å²) >= 11 is 0. The molecule has 146 valence electrons. The molecule has 0 amide bonds. The number of aryl methyl sites for hydroxylation is 2. The molecule has 0 unspecified atom stereocenters. The van der Waals surface area contributed by atoms with Crippen LogP contribution in [-0.2, 0) is 12.8 Å². The van der Waals surface area contributed by atoms with Crippen LogP contribution in [0.25, 0.3) is 0 Å². The lowest BCUT2D eigenvalue weighted by Gasteiger charge is -2.04. The highest BCUT2D eigenvalue weighted by Crippen LogP contribution is 2.17. The molecule has 0 aliphatic rings. The zero-order valence-corrected chi connectivity index (χ0v) is 16.9. The van der Waals surface area contributed by atoms with Crippen molar-refractivity contribution in [3.05, 3.63) is 131 Å². The molecule has 0 aliphatic carbocycles. The Kier molecular flexibility index (Phi) is 6.59. The highest BCUT2D eigenvalue weighted by Gasteiger charge is 1.98. The van der Waals surface area contributed by atoms with Crippen molar-refractivity contribution >= 4 is 23.8 Å². The molecule has 0 fully saturated rings. The molecule has 0 N–H and O–H groups in total. The summed E-state index contributed by atoms with van der Waals surface area (Å²) in [5, 5.41) is 0. The van der Waals surface area contributed by atoms with Crippen LogP contribution in [-0.4, -0.2) is 12.4 Å². The third-order valence-corrected chi connectivity index (χ3v) is 4.90. The predicted octanol–water partition coefficient (Wildman–Crippen LogP) is 6.97. The second-order valence-corrected chi connectivity index (χ2v) is 7.17. The quantitative estimate of drug-likeness (QED) is 0.305. The average Bonchev–Trinajstić information content (AvgIpc) is 2.83. The Hall–Kier alpha value is -3.78. The van der Waals surface area contributed by atoms with Crippen LogP contribution < -0.4 is 0 Å². The van der Waals surface area contributed by atoms with Crippen molar-refractivity contribution in [3.8, 4) is 0 Å². The summed E-state index contributed by atoms with van der Waals surface area (Å²) in [6, 6.07) is 37.3. The molecular formula is C28H24N2. The molecule has 0 saturated heterocycles. The van der Waals surface area contributed by atoms with Crippen molar-refractivity contribution in [3.63, 3.8) is 0 Å². The van der Waals surface area contributed by atoms with Crippen LogP contribution in [0.3, 0.4) is 0 Å². The first-order chi connectivity index (χ1) is 14.8. The van der Waals surface area contributed by atoms with E-state index in [1.807, 2.05) is 48.8 Å². The van der Waals surface area contributed by atoms with Crippen LogP contribution in [0.4, 0.5) is 11.4 Å². The Balaban J connectivity index is 1.30. The number of benzene rings is 4. The van der Waals surface area contributed by atoms with Gasteiger partial charge in [0.15, 0.2) is 0 Å². The zero-order valence-electron chi connectivity index (χ0n) is 16.9. The summed E-state index contributed by atoms with van der Waals surface area (Å²) in [6.45, 7) is 0. The van der Waals surface area contributed by atoms with Crippen LogP contribution in [0.5, 0.6) is 0 Å². The largest absolute Gasteiger partial charge is 0.256 e.